The average Bonchev–Trinajstić information content (AvgIpc) is 1.68. The minimum absolute atomic E-state index is 0. The van der Waals surface area contributed by atoms with Crippen LogP contribution in [0.2, 0.25) is 0 Å². The minimum atomic E-state index is -3.59. The second-order valence-corrected chi connectivity index (χ2v) is 29.9. The first kappa shape index (κ1) is 117. The van der Waals surface area contributed by atoms with Crippen molar-refractivity contribution in [1.82, 2.24) is 25.3 Å². The third-order valence-electron chi connectivity index (χ3n) is 20.6. The zero-order valence-corrected chi connectivity index (χ0v) is 76.4. The van der Waals surface area contributed by atoms with E-state index in [1.54, 1.807) is 102 Å². The highest BCUT2D eigenvalue weighted by Crippen LogP contribution is 2.38. The van der Waals surface area contributed by atoms with E-state index in [2.05, 4.69) is 41.8 Å². The predicted octanol–water partition coefficient (Wildman–Crippen LogP) is 16.3. The van der Waals surface area contributed by atoms with Gasteiger partial charge in [-0.2, -0.15) is 143 Å². The fourth-order valence-electron chi connectivity index (χ4n) is 14.8. The summed E-state index contributed by atoms with van der Waals surface area (Å²) in [6, 6.07) is 50.6. The van der Waals surface area contributed by atoms with Crippen LogP contribution in [-0.2, 0) is 37.0 Å². The number of phenols is 5. The van der Waals surface area contributed by atoms with E-state index in [0.29, 0.717) is 64.3 Å². The molecule has 7 aromatic carbocycles. The number of nitrogens with one attached hydrogen (secondary N) is 2. The summed E-state index contributed by atoms with van der Waals surface area (Å²) in [6.07, 6.45) is 8.14. The smallest absolute Gasteiger partial charge is 0.265 e. The molecule has 32 heteroatoms. The van der Waals surface area contributed by atoms with Crippen molar-refractivity contribution < 1.29 is 70.4 Å². The number of halogens is 5. The van der Waals surface area contributed by atoms with Gasteiger partial charge in [0, 0.05) is 81.8 Å². The number of amides is 2. The molecule has 2 saturated carbocycles. The van der Waals surface area contributed by atoms with Gasteiger partial charge >= 0.3 is 0 Å². The number of aliphatic hydroxyl groups excluding tert-OH is 1. The molecule has 115 heavy (non-hydrogen) atoms. The lowest BCUT2D eigenvalue weighted by molar-refractivity contribution is -0.134. The van der Waals surface area contributed by atoms with Crippen LogP contribution in [0.1, 0.15) is 171 Å². The van der Waals surface area contributed by atoms with Crippen LogP contribution in [0.5, 0.6) is 28.7 Å². The van der Waals surface area contributed by atoms with Crippen molar-refractivity contribution in [3.63, 3.8) is 0 Å². The quantitative estimate of drug-likeness (QED) is 0.0420. The molecule has 2 aliphatic carbocycles. The average molecular weight is 1840 g/mol. The van der Waals surface area contributed by atoms with E-state index >= 15 is 0 Å². The summed E-state index contributed by atoms with van der Waals surface area (Å²) in [5.74, 6) is 1.18. The lowest BCUT2D eigenvalue weighted by atomic mass is 9.82. The fourth-order valence-corrected chi connectivity index (χ4v) is 15.4. The van der Waals surface area contributed by atoms with E-state index in [4.69, 9.17) is 24.6 Å². The van der Waals surface area contributed by atoms with Crippen LogP contribution in [0.25, 0.3) is 0 Å². The maximum absolute atomic E-state index is 14.9. The highest BCUT2D eigenvalue weighted by molar-refractivity contribution is 7.86. The molecule has 0 aromatic heterocycles. The maximum Gasteiger partial charge on any atom is 0.265 e. The summed E-state index contributed by atoms with van der Waals surface area (Å²) >= 11 is 0. The van der Waals surface area contributed by atoms with Gasteiger partial charge in [-0.15, -0.1) is 12.4 Å². The molecule has 14 rings (SSSR count). The lowest BCUT2D eigenvalue weighted by Crippen LogP contribution is -2.49. The number of hydrogen-bond donors (Lipinski definition) is 8. The normalized spacial score (nSPS) is 23.0. The minimum Gasteiger partial charge on any atom is -0.508 e. The second-order valence-electron chi connectivity index (χ2n) is 28.3. The number of benzene rings is 7. The Morgan fingerprint density at radius 1 is 0.400 bits per heavy atom. The van der Waals surface area contributed by atoms with Crippen LogP contribution in [0.15, 0.2) is 170 Å². The Morgan fingerprint density at radius 3 is 1.07 bits per heavy atom. The number of alkyl halides is 4. The van der Waals surface area contributed by atoms with Crippen LogP contribution >= 0.6 is 147 Å². The van der Waals surface area contributed by atoms with E-state index in [-0.39, 0.29) is 231 Å². The zero-order valence-electron chi connectivity index (χ0n) is 64.8. The number of carbonyl (C=O) groups excluding carboxylic acids is 2. The fraction of sp³-hybridized carbons (Fsp3) is 0.470. The van der Waals surface area contributed by atoms with Gasteiger partial charge in [-0.3, -0.25) is 18.7 Å². The van der Waals surface area contributed by atoms with Crippen LogP contribution < -0.4 is 10.6 Å². The first-order valence-electron chi connectivity index (χ1n) is 36.4. The van der Waals surface area contributed by atoms with Gasteiger partial charge in [0.1, 0.15) is 53.4 Å². The highest BCUT2D eigenvalue weighted by atomic mass is 35.5. The zero-order chi connectivity index (χ0) is 73.6. The summed E-state index contributed by atoms with van der Waals surface area (Å²) in [4.78, 5) is 30.4. The molecule has 5 saturated heterocycles. The van der Waals surface area contributed by atoms with Gasteiger partial charge in [-0.25, -0.2) is 17.6 Å². The molecule has 16 nitrogen and oxygen atoms in total. The molecule has 0 bridgehead atoms. The Morgan fingerprint density at radius 2 is 0.722 bits per heavy atom. The van der Waals surface area contributed by atoms with E-state index in [0.717, 1.165) is 135 Å². The Bertz CT molecular complexity index is 3630. The summed E-state index contributed by atoms with van der Waals surface area (Å²) in [5.41, 5.74) is 9.59. The van der Waals surface area contributed by atoms with E-state index in [1.807, 2.05) is 65.3 Å². The van der Waals surface area contributed by atoms with Crippen LogP contribution in [-0.4, -0.2) is 167 Å². The van der Waals surface area contributed by atoms with Crippen molar-refractivity contribution in [2.45, 2.75) is 190 Å². The number of hydrogen-bond acceptors (Lipinski definition) is 14. The molecule has 8 N–H and O–H groups in total. The summed E-state index contributed by atoms with van der Waals surface area (Å²) in [7, 11) is -3.59. The van der Waals surface area contributed by atoms with Crippen molar-refractivity contribution in [3.8, 4) is 28.7 Å². The monoisotopic (exact) mass is 1830 g/mol. The third kappa shape index (κ3) is 36.9. The second kappa shape index (κ2) is 58.7. The maximum atomic E-state index is 14.9. The number of aromatic hydroxyl groups is 5. The largest absolute Gasteiger partial charge is 0.508 e. The standard InChI is InChI=1S/C23H27FN2O2.C13H17NO4S.C12H15FO.C12H16O2.2C11H14FNO.CH4.ClH.10H2S/c1-16-2-4-17(5-3-16)14-26-13-11-22(23(26)28)25-12-10-20(21(24)15-25)18-6-8-19(27)9-7-18;1-10-3-5-11(6-4-10)9-14-8-7-12(13(14)15)18-19(2,16)17;13-12-4-2-1-3-11(12)9-5-7-10(14)8-6-9;13-10-7-5-9(6-8-10)11-3-1-2-4-12(11)14;2*12-11-7-13-6-5-10(11)8-1-3-9(14)4-2-8;;;;;;;;;;;;/h2-9,20-22,27H,10-15H2,1H3;3-6,12H,7-9H2,1-2H3;5-8,11-12,14H,1-4H2;5-8,11-14H,1-4H2;2*1-4,10-11,13-14H,5-7H2;1H4;1H;10*1H2/t20-,21+,22+;12-;2*11-,12+;2*10-,11+;;;;;;;;;;;;/m000000............/s1. The van der Waals surface area contributed by atoms with E-state index in [9.17, 15) is 45.8 Å². The summed E-state index contributed by atoms with van der Waals surface area (Å²) in [5, 5.41) is 61.8. The third-order valence-corrected chi connectivity index (χ3v) is 21.2. The van der Waals surface area contributed by atoms with E-state index in [1.165, 1.54) is 12.0 Å². The molecule has 652 valence electrons. The Kier molecular flexibility index (Phi) is 59.7. The molecule has 5 heterocycles. The van der Waals surface area contributed by atoms with Crippen LogP contribution in [0.3, 0.4) is 0 Å². The van der Waals surface area contributed by atoms with Crippen molar-refractivity contribution in [3.05, 3.63) is 220 Å². The van der Waals surface area contributed by atoms with E-state index < -0.39 is 40.9 Å². The van der Waals surface area contributed by atoms with Gasteiger partial charge in [0.2, 0.25) is 5.91 Å². The van der Waals surface area contributed by atoms with Gasteiger partial charge in [0.05, 0.1) is 18.4 Å². The molecule has 12 atom stereocenters. The molecule has 0 unspecified atom stereocenters. The van der Waals surface area contributed by atoms with Crippen molar-refractivity contribution in [2.75, 3.05) is 58.6 Å². The Hall–Kier alpha value is -4.26. The molecule has 7 aromatic rings. The predicted molar refractivity (Wildman–Crippen MR) is 512 cm³/mol. The molecule has 5 aliphatic heterocycles. The van der Waals surface area contributed by atoms with Crippen LogP contribution in [0.4, 0.5) is 17.6 Å². The number of aryl methyl sites for hydroxylation is 2. The van der Waals surface area contributed by atoms with Gasteiger partial charge in [-0.1, -0.05) is 153 Å². The molecule has 0 radical (unpaired) electrons. The first-order chi connectivity index (χ1) is 49.4. The Labute approximate surface area is 756 Å². The van der Waals surface area contributed by atoms with Gasteiger partial charge in [0.25, 0.3) is 16.0 Å². The van der Waals surface area contributed by atoms with Gasteiger partial charge < -0.3 is 51.1 Å². The topological polar surface area (TPSA) is 233 Å². The number of carbonyl (C=O) groups is 2. The number of nitrogens with zero attached hydrogens (tertiary/aromatic N) is 3. The molecule has 0 spiro atoms. The number of likely N-dealkylation sites (tertiary alicyclic amines) is 3. The first-order valence-corrected chi connectivity index (χ1v) is 38.2. The van der Waals surface area contributed by atoms with Crippen molar-refractivity contribution in [2.24, 2.45) is 0 Å². The Balaban J connectivity index is -0.000000643. The summed E-state index contributed by atoms with van der Waals surface area (Å²) < 4.78 is 82.4. The molecule has 7 fully saturated rings. The number of rotatable bonds is 12. The van der Waals surface area contributed by atoms with Crippen molar-refractivity contribution >= 4 is 169 Å². The van der Waals surface area contributed by atoms with Gasteiger partial charge in [0.15, 0.2) is 6.10 Å². The van der Waals surface area contributed by atoms with Crippen molar-refractivity contribution in [1.29, 1.82) is 0 Å². The van der Waals surface area contributed by atoms with Crippen LogP contribution in [0, 0.1) is 13.8 Å². The molecule has 2 amide bonds. The summed E-state index contributed by atoms with van der Waals surface area (Å²) in [6.45, 7) is 10.0. The number of piperidine rings is 3. The molecule has 7 aliphatic rings. The number of phenolic OH excluding ortho intramolecular Hbond substituents is 5. The number of aliphatic hydroxyl groups is 1. The molecular formula is C83H128ClF4N5O11S11. The lowest BCUT2D eigenvalue weighted by Gasteiger charge is -2.37. The van der Waals surface area contributed by atoms with Gasteiger partial charge in [-0.05, 0) is 184 Å². The SMILES string of the molecule is C.Cc1ccc(CN2CC[C@@H](N3CC[C@@H](c4ccc(O)cc4)[C@H](F)C3)C2=O)cc1.Cc1ccc(CN2CC[C@H](OS(C)(=O)=O)C2=O)cc1.Cl.Oc1ccc([C@@H]2CCCC[C@H]2F)cc1.Oc1ccc([C@@H]2CCCC[C@H]2O)cc1.Oc1ccc([C@@H]2CCNC[C@H]2F)cc1.Oc1ccc([C@@H]2CCNC[C@H]2F)cc1.S.S.S.S.S.S.S.S.S.S. The highest BCUT2D eigenvalue weighted by Gasteiger charge is 2.41. The molecular weight excluding hydrogens is 1710 g/mol.